The Morgan fingerprint density at radius 2 is 2.05 bits per heavy atom. The molecule has 0 bridgehead atoms. The van der Waals surface area contributed by atoms with E-state index in [4.69, 9.17) is 10.8 Å². The van der Waals surface area contributed by atoms with Crippen molar-refractivity contribution < 1.29 is 9.90 Å². The molecule has 0 atom stereocenters. The van der Waals surface area contributed by atoms with Gasteiger partial charge in [-0.15, -0.1) is 0 Å². The van der Waals surface area contributed by atoms with Gasteiger partial charge in [-0.05, 0) is 51.8 Å². The zero-order valence-corrected chi connectivity index (χ0v) is 11.6. The van der Waals surface area contributed by atoms with Gasteiger partial charge in [0.1, 0.15) is 0 Å². The summed E-state index contributed by atoms with van der Waals surface area (Å²) < 4.78 is 0.756. The van der Waals surface area contributed by atoms with Crippen molar-refractivity contribution in [2.45, 2.75) is 6.61 Å². The van der Waals surface area contributed by atoms with Gasteiger partial charge in [-0.3, -0.25) is 4.79 Å². The molecule has 19 heavy (non-hydrogen) atoms. The van der Waals surface area contributed by atoms with E-state index in [-0.39, 0.29) is 12.5 Å². The second-order valence-corrected chi connectivity index (χ2v) is 4.90. The second-order valence-electron chi connectivity index (χ2n) is 4.05. The second kappa shape index (κ2) is 5.86. The number of anilines is 2. The summed E-state index contributed by atoms with van der Waals surface area (Å²) in [7, 11) is 0. The number of carbonyl (C=O) groups is 1. The molecule has 1 amide bonds. The van der Waals surface area contributed by atoms with Crippen molar-refractivity contribution in [1.29, 1.82) is 0 Å². The van der Waals surface area contributed by atoms with Crippen LogP contribution in [0.25, 0.3) is 0 Å². The van der Waals surface area contributed by atoms with E-state index in [2.05, 4.69) is 21.2 Å². The molecule has 2 aromatic rings. The van der Waals surface area contributed by atoms with E-state index in [9.17, 15) is 4.79 Å². The summed E-state index contributed by atoms with van der Waals surface area (Å²) in [5.41, 5.74) is 8.11. The summed E-state index contributed by atoms with van der Waals surface area (Å²) in [4.78, 5) is 12.0. The quantitative estimate of drug-likeness (QED) is 0.761. The number of benzene rings is 2. The molecule has 4 N–H and O–H groups in total. The lowest BCUT2D eigenvalue weighted by Crippen LogP contribution is -2.12. The normalized spacial score (nSPS) is 10.2. The first-order chi connectivity index (χ1) is 9.10. The number of nitrogen functional groups attached to an aromatic ring is 1. The van der Waals surface area contributed by atoms with Crippen LogP contribution in [0.2, 0.25) is 0 Å². The van der Waals surface area contributed by atoms with Gasteiger partial charge in [0, 0.05) is 21.4 Å². The van der Waals surface area contributed by atoms with Gasteiger partial charge in [-0.1, -0.05) is 12.1 Å². The number of carbonyl (C=O) groups excluding carboxylic acids is 1. The molecule has 5 heteroatoms. The molecule has 0 aliphatic carbocycles. The summed E-state index contributed by atoms with van der Waals surface area (Å²) in [5, 5.41) is 11.8. The van der Waals surface area contributed by atoms with Gasteiger partial charge in [0.2, 0.25) is 0 Å². The Kier molecular flexibility index (Phi) is 4.19. The van der Waals surface area contributed by atoms with Gasteiger partial charge >= 0.3 is 0 Å². The van der Waals surface area contributed by atoms with Crippen molar-refractivity contribution in [1.82, 2.24) is 0 Å². The number of halogens is 1. The van der Waals surface area contributed by atoms with Crippen LogP contribution in [0.1, 0.15) is 15.9 Å². The zero-order chi connectivity index (χ0) is 13.8. The van der Waals surface area contributed by atoms with Crippen molar-refractivity contribution >= 4 is 33.2 Å². The van der Waals surface area contributed by atoms with E-state index >= 15 is 0 Å². The summed E-state index contributed by atoms with van der Waals surface area (Å²) in [6.07, 6.45) is 0. The van der Waals surface area contributed by atoms with Gasteiger partial charge in [0.05, 0.1) is 6.61 Å². The summed E-state index contributed by atoms with van der Waals surface area (Å²) in [6.45, 7) is -0.0606. The predicted molar refractivity (Wildman–Crippen MR) is 78.9 cm³/mol. The van der Waals surface area contributed by atoms with Crippen molar-refractivity contribution in [2.24, 2.45) is 0 Å². The summed E-state index contributed by atoms with van der Waals surface area (Å²) >= 11 is 3.28. The van der Waals surface area contributed by atoms with Crippen LogP contribution in [0.15, 0.2) is 46.9 Å². The molecule has 4 nitrogen and oxygen atoms in total. The molecule has 2 rings (SSSR count). The molecule has 2 aromatic carbocycles. The van der Waals surface area contributed by atoms with Crippen molar-refractivity contribution in [3.63, 3.8) is 0 Å². The van der Waals surface area contributed by atoms with E-state index in [1.54, 1.807) is 42.5 Å². The minimum Gasteiger partial charge on any atom is -0.398 e. The molecule has 0 saturated carbocycles. The molecule has 0 unspecified atom stereocenters. The van der Waals surface area contributed by atoms with Crippen LogP contribution in [0.4, 0.5) is 11.4 Å². The van der Waals surface area contributed by atoms with Gasteiger partial charge < -0.3 is 16.2 Å². The molecule has 0 aliphatic heterocycles. The average Bonchev–Trinajstić information content (AvgIpc) is 2.42. The number of nitrogens with two attached hydrogens (primary N) is 1. The predicted octanol–water partition coefficient (Wildman–Crippen LogP) is 2.78. The summed E-state index contributed by atoms with van der Waals surface area (Å²) in [5.74, 6) is -0.241. The van der Waals surface area contributed by atoms with Crippen LogP contribution < -0.4 is 11.1 Å². The Hall–Kier alpha value is -1.85. The van der Waals surface area contributed by atoms with Crippen molar-refractivity contribution in [2.75, 3.05) is 11.1 Å². The molecule has 0 fully saturated rings. The number of amides is 1. The molecular weight excluding hydrogens is 308 g/mol. The smallest absolute Gasteiger partial charge is 0.255 e. The van der Waals surface area contributed by atoms with Crippen LogP contribution in [0.3, 0.4) is 0 Å². The van der Waals surface area contributed by atoms with Gasteiger partial charge in [-0.25, -0.2) is 0 Å². The topological polar surface area (TPSA) is 75.4 Å². The average molecular weight is 321 g/mol. The highest BCUT2D eigenvalue weighted by molar-refractivity contribution is 9.10. The molecule has 0 aliphatic rings. The van der Waals surface area contributed by atoms with E-state index in [1.807, 2.05) is 0 Å². The number of aliphatic hydroxyl groups is 1. The number of hydrogen-bond acceptors (Lipinski definition) is 3. The van der Waals surface area contributed by atoms with E-state index < -0.39 is 0 Å². The third-order valence-electron chi connectivity index (χ3n) is 2.63. The van der Waals surface area contributed by atoms with Gasteiger partial charge in [0.15, 0.2) is 0 Å². The van der Waals surface area contributed by atoms with Gasteiger partial charge in [-0.2, -0.15) is 0 Å². The fourth-order valence-corrected chi connectivity index (χ4v) is 1.88. The molecule has 0 aromatic heterocycles. The lowest BCUT2D eigenvalue weighted by atomic mass is 10.1. The lowest BCUT2D eigenvalue weighted by molar-refractivity contribution is 0.102. The highest BCUT2D eigenvalue weighted by Crippen LogP contribution is 2.21. The van der Waals surface area contributed by atoms with Crippen LogP contribution in [-0.4, -0.2) is 11.0 Å². The third-order valence-corrected chi connectivity index (χ3v) is 3.35. The van der Waals surface area contributed by atoms with Crippen molar-refractivity contribution in [3.05, 3.63) is 58.1 Å². The highest BCUT2D eigenvalue weighted by Gasteiger charge is 2.08. The Bertz CT molecular complexity index is 614. The molecule has 0 radical (unpaired) electrons. The number of rotatable bonds is 3. The first-order valence-electron chi connectivity index (χ1n) is 5.66. The summed E-state index contributed by atoms with van der Waals surface area (Å²) in [6, 6.07) is 12.1. The van der Waals surface area contributed by atoms with Crippen LogP contribution >= 0.6 is 15.9 Å². The number of aliphatic hydroxyl groups excluding tert-OH is 1. The fourth-order valence-electron chi connectivity index (χ4n) is 1.64. The first-order valence-corrected chi connectivity index (χ1v) is 6.45. The maximum Gasteiger partial charge on any atom is 0.255 e. The monoisotopic (exact) mass is 320 g/mol. The maximum atomic E-state index is 12.0. The maximum absolute atomic E-state index is 12.0. The van der Waals surface area contributed by atoms with Crippen LogP contribution in [0.5, 0.6) is 0 Å². The highest BCUT2D eigenvalue weighted by atomic mass is 79.9. The van der Waals surface area contributed by atoms with Crippen LogP contribution in [-0.2, 0) is 6.61 Å². The lowest BCUT2D eigenvalue weighted by Gasteiger charge is -2.07. The van der Waals surface area contributed by atoms with Crippen molar-refractivity contribution in [3.8, 4) is 0 Å². The van der Waals surface area contributed by atoms with E-state index in [1.165, 1.54) is 0 Å². The number of nitrogens with one attached hydrogen (secondary N) is 1. The molecule has 0 spiro atoms. The van der Waals surface area contributed by atoms with Gasteiger partial charge in [0.25, 0.3) is 5.91 Å². The molecular formula is C14H13BrN2O2. The Labute approximate surface area is 119 Å². The minimum absolute atomic E-state index is 0.0606. The van der Waals surface area contributed by atoms with E-state index in [0.717, 1.165) is 10.0 Å². The largest absolute Gasteiger partial charge is 0.398 e. The Balaban J connectivity index is 2.18. The molecule has 0 saturated heterocycles. The molecule has 98 valence electrons. The third kappa shape index (κ3) is 3.33. The van der Waals surface area contributed by atoms with E-state index in [0.29, 0.717) is 16.9 Å². The fraction of sp³-hybridized carbons (Fsp3) is 0.0714. The van der Waals surface area contributed by atoms with Crippen LogP contribution in [0, 0.1) is 0 Å². The first kappa shape index (κ1) is 13.6. The zero-order valence-electron chi connectivity index (χ0n) is 10.1. The Morgan fingerprint density at radius 3 is 2.74 bits per heavy atom. The SMILES string of the molecule is Nc1cc(C(=O)Nc2cccc(CO)c2)ccc1Br. The number of hydrogen-bond donors (Lipinski definition) is 3. The minimum atomic E-state index is -0.241. The standard InChI is InChI=1S/C14H13BrN2O2/c15-12-5-4-10(7-13(12)16)14(19)17-11-3-1-2-9(6-11)8-18/h1-7,18H,8,16H2,(H,17,19). The molecule has 0 heterocycles. The Morgan fingerprint density at radius 1 is 1.26 bits per heavy atom.